The van der Waals surface area contributed by atoms with E-state index in [4.69, 9.17) is 0 Å². The Kier molecular flexibility index (Phi) is 6.80. The number of rotatable bonds is 4. The quantitative estimate of drug-likeness (QED) is 0.313. The number of hydrogen-bond acceptors (Lipinski definition) is 2. The zero-order valence-corrected chi connectivity index (χ0v) is 6.17. The van der Waals surface area contributed by atoms with E-state index in [1.54, 1.807) is 6.21 Å². The van der Waals surface area contributed by atoms with Crippen LogP contribution in [0.2, 0.25) is 0 Å². The Balaban J connectivity index is 3.04. The smallest absolute Gasteiger partial charge is 0.0270 e. The van der Waals surface area contributed by atoms with Gasteiger partial charge < -0.3 is 0 Å². The molecule has 0 aliphatic heterocycles. The standard InChI is InChI=1S/C7H14N2/c1-3-5-6-7-9-8-4-2/h4,7H,3,5-6H2,1-2H3/b8-4+,9-7+. The molecule has 52 valence electrons. The van der Waals surface area contributed by atoms with Crippen LogP contribution in [0.3, 0.4) is 0 Å². The van der Waals surface area contributed by atoms with Crippen LogP contribution >= 0.6 is 0 Å². The molecule has 0 unspecified atom stereocenters. The van der Waals surface area contributed by atoms with Crippen molar-refractivity contribution in [2.45, 2.75) is 33.1 Å². The van der Waals surface area contributed by atoms with E-state index < -0.39 is 0 Å². The molecule has 0 saturated heterocycles. The third-order valence-corrected chi connectivity index (χ3v) is 0.951. The SMILES string of the molecule is C/C=N/N=C/CCCC. The summed E-state index contributed by atoms with van der Waals surface area (Å²) < 4.78 is 0. The molecular weight excluding hydrogens is 112 g/mol. The van der Waals surface area contributed by atoms with Gasteiger partial charge >= 0.3 is 0 Å². The molecule has 0 spiro atoms. The van der Waals surface area contributed by atoms with E-state index in [2.05, 4.69) is 17.1 Å². The van der Waals surface area contributed by atoms with Gasteiger partial charge in [-0.1, -0.05) is 13.3 Å². The summed E-state index contributed by atoms with van der Waals surface area (Å²) in [6.45, 7) is 4.02. The van der Waals surface area contributed by atoms with Crippen LogP contribution in [0.5, 0.6) is 0 Å². The van der Waals surface area contributed by atoms with Crippen molar-refractivity contribution in [3.05, 3.63) is 0 Å². The van der Waals surface area contributed by atoms with Crippen molar-refractivity contribution in [2.75, 3.05) is 0 Å². The molecule has 0 heterocycles. The third kappa shape index (κ3) is 7.34. The first kappa shape index (κ1) is 8.34. The van der Waals surface area contributed by atoms with E-state index in [-0.39, 0.29) is 0 Å². The topological polar surface area (TPSA) is 24.7 Å². The van der Waals surface area contributed by atoms with Gasteiger partial charge in [0.05, 0.1) is 0 Å². The van der Waals surface area contributed by atoms with E-state index >= 15 is 0 Å². The summed E-state index contributed by atoms with van der Waals surface area (Å²) in [5, 5.41) is 7.46. The summed E-state index contributed by atoms with van der Waals surface area (Å²) in [5.74, 6) is 0. The van der Waals surface area contributed by atoms with Crippen LogP contribution in [0.1, 0.15) is 33.1 Å². The third-order valence-electron chi connectivity index (χ3n) is 0.951. The molecule has 0 aromatic carbocycles. The monoisotopic (exact) mass is 126 g/mol. The average molecular weight is 126 g/mol. The molecule has 0 aromatic heterocycles. The van der Waals surface area contributed by atoms with Gasteiger partial charge in [-0.05, 0) is 19.8 Å². The molecule has 2 nitrogen and oxygen atoms in total. The number of hydrogen-bond donors (Lipinski definition) is 0. The van der Waals surface area contributed by atoms with Crippen molar-refractivity contribution >= 4 is 12.4 Å². The Labute approximate surface area is 56.7 Å². The van der Waals surface area contributed by atoms with E-state index in [1.165, 1.54) is 12.8 Å². The fourth-order valence-electron chi connectivity index (χ4n) is 0.467. The highest BCUT2D eigenvalue weighted by molar-refractivity contribution is 5.59. The molecule has 0 fully saturated rings. The fraction of sp³-hybridized carbons (Fsp3) is 0.714. The lowest BCUT2D eigenvalue weighted by Crippen LogP contribution is -1.73. The maximum Gasteiger partial charge on any atom is 0.0270 e. The molecule has 0 saturated carbocycles. The van der Waals surface area contributed by atoms with Gasteiger partial charge in [0, 0.05) is 12.4 Å². The minimum absolute atomic E-state index is 1.05. The molecule has 2 heteroatoms. The van der Waals surface area contributed by atoms with Gasteiger partial charge in [-0.2, -0.15) is 10.2 Å². The van der Waals surface area contributed by atoms with Crippen molar-refractivity contribution in [3.63, 3.8) is 0 Å². The summed E-state index contributed by atoms with van der Waals surface area (Å²) in [4.78, 5) is 0. The zero-order chi connectivity index (χ0) is 6.95. The Hall–Kier alpha value is -0.660. The van der Waals surface area contributed by atoms with Crippen molar-refractivity contribution < 1.29 is 0 Å². The van der Waals surface area contributed by atoms with Gasteiger partial charge in [0.2, 0.25) is 0 Å². The highest BCUT2D eigenvalue weighted by Crippen LogP contribution is 1.89. The molecule has 0 aliphatic rings. The summed E-state index contributed by atoms with van der Waals surface area (Å²) >= 11 is 0. The molecule has 0 amide bonds. The molecule has 0 rings (SSSR count). The van der Waals surface area contributed by atoms with Crippen LogP contribution < -0.4 is 0 Å². The van der Waals surface area contributed by atoms with Crippen LogP contribution in [-0.2, 0) is 0 Å². The maximum absolute atomic E-state index is 3.77. The predicted octanol–water partition coefficient (Wildman–Crippen LogP) is 2.25. The number of unbranched alkanes of at least 4 members (excludes halogenated alkanes) is 2. The second-order valence-corrected chi connectivity index (χ2v) is 1.81. The summed E-state index contributed by atoms with van der Waals surface area (Å²) in [7, 11) is 0. The lowest BCUT2D eigenvalue weighted by molar-refractivity contribution is 0.841. The Morgan fingerprint density at radius 1 is 1.33 bits per heavy atom. The van der Waals surface area contributed by atoms with E-state index in [0.717, 1.165) is 6.42 Å². The summed E-state index contributed by atoms with van der Waals surface area (Å²) in [5.41, 5.74) is 0. The summed E-state index contributed by atoms with van der Waals surface area (Å²) in [6.07, 6.45) is 7.02. The fourth-order valence-corrected chi connectivity index (χ4v) is 0.467. The Morgan fingerprint density at radius 3 is 2.67 bits per heavy atom. The van der Waals surface area contributed by atoms with Crippen molar-refractivity contribution in [2.24, 2.45) is 10.2 Å². The highest BCUT2D eigenvalue weighted by atomic mass is 15.2. The van der Waals surface area contributed by atoms with Crippen LogP contribution in [0, 0.1) is 0 Å². The minimum Gasteiger partial charge on any atom is -0.164 e. The molecular formula is C7H14N2. The second-order valence-electron chi connectivity index (χ2n) is 1.81. The normalized spacial score (nSPS) is 11.8. The van der Waals surface area contributed by atoms with Crippen LogP contribution in [0.25, 0.3) is 0 Å². The molecule has 0 bridgehead atoms. The van der Waals surface area contributed by atoms with Gasteiger partial charge in [0.25, 0.3) is 0 Å². The summed E-state index contributed by atoms with van der Waals surface area (Å²) in [6, 6.07) is 0. The van der Waals surface area contributed by atoms with Crippen LogP contribution in [0.4, 0.5) is 0 Å². The van der Waals surface area contributed by atoms with Gasteiger partial charge in [-0.25, -0.2) is 0 Å². The number of nitrogens with zero attached hydrogens (tertiary/aromatic N) is 2. The Morgan fingerprint density at radius 2 is 2.11 bits per heavy atom. The zero-order valence-electron chi connectivity index (χ0n) is 6.17. The minimum atomic E-state index is 1.05. The second kappa shape index (κ2) is 7.34. The molecule has 0 atom stereocenters. The van der Waals surface area contributed by atoms with Crippen LogP contribution in [0.15, 0.2) is 10.2 Å². The van der Waals surface area contributed by atoms with E-state index in [1.807, 2.05) is 13.1 Å². The molecule has 0 aliphatic carbocycles. The van der Waals surface area contributed by atoms with Gasteiger partial charge in [0.15, 0.2) is 0 Å². The van der Waals surface area contributed by atoms with Crippen LogP contribution in [-0.4, -0.2) is 12.4 Å². The van der Waals surface area contributed by atoms with Crippen molar-refractivity contribution in [1.82, 2.24) is 0 Å². The Bertz CT molecular complexity index is 95.1. The first-order chi connectivity index (χ1) is 4.41. The first-order valence-corrected chi connectivity index (χ1v) is 3.41. The van der Waals surface area contributed by atoms with Gasteiger partial charge in [-0.15, -0.1) is 0 Å². The predicted molar refractivity (Wildman–Crippen MR) is 42.2 cm³/mol. The van der Waals surface area contributed by atoms with Crippen molar-refractivity contribution in [1.29, 1.82) is 0 Å². The first-order valence-electron chi connectivity index (χ1n) is 3.41. The molecule has 0 N–H and O–H groups in total. The maximum atomic E-state index is 3.77. The van der Waals surface area contributed by atoms with E-state index in [9.17, 15) is 0 Å². The lowest BCUT2D eigenvalue weighted by Gasteiger charge is -1.83. The van der Waals surface area contributed by atoms with Crippen molar-refractivity contribution in [3.8, 4) is 0 Å². The van der Waals surface area contributed by atoms with Gasteiger partial charge in [0.1, 0.15) is 0 Å². The highest BCUT2D eigenvalue weighted by Gasteiger charge is 1.75. The van der Waals surface area contributed by atoms with E-state index in [0.29, 0.717) is 0 Å². The molecule has 0 radical (unpaired) electrons. The average Bonchev–Trinajstić information content (AvgIpc) is 1.89. The van der Waals surface area contributed by atoms with Gasteiger partial charge in [-0.3, -0.25) is 0 Å². The lowest BCUT2D eigenvalue weighted by atomic mass is 10.3. The molecule has 9 heavy (non-hydrogen) atoms. The molecule has 0 aromatic rings. The largest absolute Gasteiger partial charge is 0.164 e.